The second-order valence-electron chi connectivity index (χ2n) is 4.98. The van der Waals surface area contributed by atoms with E-state index in [2.05, 4.69) is 23.7 Å². The molecule has 0 aliphatic heterocycles. The minimum Gasteiger partial charge on any atom is -0.550 e. The maximum absolute atomic E-state index is 10.9. The van der Waals surface area contributed by atoms with E-state index in [1.54, 1.807) is 0 Å². The van der Waals surface area contributed by atoms with E-state index in [0.717, 1.165) is 42.5 Å². The number of fused-ring (bicyclic) bond motifs is 1. The van der Waals surface area contributed by atoms with Gasteiger partial charge in [-0.25, -0.2) is 0 Å². The first-order chi connectivity index (χ1) is 9.65. The summed E-state index contributed by atoms with van der Waals surface area (Å²) in [6.07, 6.45) is 2.88. The zero-order valence-electron chi connectivity index (χ0n) is 12.1. The fourth-order valence-corrected chi connectivity index (χ4v) is 2.66. The highest BCUT2D eigenvalue weighted by Gasteiger charge is 2.09. The van der Waals surface area contributed by atoms with E-state index in [0.29, 0.717) is 0 Å². The Morgan fingerprint density at radius 2 is 2.00 bits per heavy atom. The molecule has 0 aliphatic carbocycles. The fraction of sp³-hybridized carbons (Fsp3) is 0.438. The topological polar surface area (TPSA) is 59.2 Å². The maximum atomic E-state index is 10.9. The molecule has 0 saturated carbocycles. The Kier molecular flexibility index (Phi) is 4.79. The Balaban J connectivity index is 2.27. The molecule has 0 atom stereocenters. The molecule has 20 heavy (non-hydrogen) atoms. The highest BCUT2D eigenvalue weighted by Crippen LogP contribution is 2.23. The second kappa shape index (κ2) is 6.57. The van der Waals surface area contributed by atoms with Crippen molar-refractivity contribution in [2.45, 2.75) is 26.7 Å². The molecule has 0 bridgehead atoms. The van der Waals surface area contributed by atoms with Gasteiger partial charge in [-0.05, 0) is 36.7 Å². The molecule has 1 aromatic heterocycles. The summed E-state index contributed by atoms with van der Waals surface area (Å²) < 4.78 is 0. The van der Waals surface area contributed by atoms with Crippen molar-refractivity contribution in [2.24, 2.45) is 0 Å². The van der Waals surface area contributed by atoms with Gasteiger partial charge >= 0.3 is 0 Å². The minimum atomic E-state index is -1.03. The molecule has 0 amide bonds. The third kappa shape index (κ3) is 3.20. The van der Waals surface area contributed by atoms with Crippen molar-refractivity contribution in [1.29, 1.82) is 0 Å². The van der Waals surface area contributed by atoms with Crippen LogP contribution in [0.15, 0.2) is 24.4 Å². The van der Waals surface area contributed by atoms with Gasteiger partial charge in [0.1, 0.15) is 0 Å². The molecule has 108 valence electrons. The lowest BCUT2D eigenvalue weighted by Gasteiger charge is -2.17. The van der Waals surface area contributed by atoms with E-state index >= 15 is 0 Å². The molecular formula is C16H21N2O2-. The average molecular weight is 273 g/mol. The van der Waals surface area contributed by atoms with Crippen LogP contribution in [-0.2, 0) is 17.6 Å². The van der Waals surface area contributed by atoms with Crippen LogP contribution in [0, 0.1) is 0 Å². The summed E-state index contributed by atoms with van der Waals surface area (Å²) in [5, 5.41) is 11.9. The number of hydrogen-bond donors (Lipinski definition) is 1. The fourth-order valence-electron chi connectivity index (χ4n) is 2.66. The van der Waals surface area contributed by atoms with E-state index in [-0.39, 0.29) is 6.42 Å². The summed E-state index contributed by atoms with van der Waals surface area (Å²) in [4.78, 5) is 16.5. The Hall–Kier alpha value is -1.81. The Labute approximate surface area is 119 Å². The summed E-state index contributed by atoms with van der Waals surface area (Å²) in [6, 6.07) is 5.73. The highest BCUT2D eigenvalue weighted by atomic mass is 16.4. The van der Waals surface area contributed by atoms with Gasteiger partial charge in [-0.3, -0.25) is 0 Å². The highest BCUT2D eigenvalue weighted by molar-refractivity contribution is 5.89. The summed E-state index contributed by atoms with van der Waals surface area (Å²) in [5.41, 5.74) is 3.01. The zero-order valence-corrected chi connectivity index (χ0v) is 12.1. The van der Waals surface area contributed by atoms with Crippen LogP contribution in [0.3, 0.4) is 0 Å². The van der Waals surface area contributed by atoms with Crippen LogP contribution < -0.4 is 5.11 Å². The molecule has 0 fully saturated rings. The third-order valence-electron chi connectivity index (χ3n) is 3.80. The van der Waals surface area contributed by atoms with Gasteiger partial charge in [0, 0.05) is 36.0 Å². The largest absolute Gasteiger partial charge is 0.550 e. The first kappa shape index (κ1) is 14.6. The molecule has 0 spiro atoms. The van der Waals surface area contributed by atoms with Crippen LogP contribution in [0.5, 0.6) is 0 Å². The summed E-state index contributed by atoms with van der Waals surface area (Å²) in [7, 11) is 0. The van der Waals surface area contributed by atoms with Crippen molar-refractivity contribution in [3.63, 3.8) is 0 Å². The summed E-state index contributed by atoms with van der Waals surface area (Å²) >= 11 is 0. The van der Waals surface area contributed by atoms with Crippen LogP contribution in [0.2, 0.25) is 0 Å². The smallest absolute Gasteiger partial charge is 0.0459 e. The summed E-state index contributed by atoms with van der Waals surface area (Å²) in [6.45, 7) is 7.36. The molecule has 1 aromatic carbocycles. The van der Waals surface area contributed by atoms with Gasteiger partial charge in [0.25, 0.3) is 0 Å². The SMILES string of the molecule is CCN(CC)CCc1c[nH]c2cccc(CC(=O)[O-])c12. The number of aromatic nitrogens is 1. The average Bonchev–Trinajstić information content (AvgIpc) is 2.84. The lowest BCUT2D eigenvalue weighted by atomic mass is 10.0. The predicted molar refractivity (Wildman–Crippen MR) is 78.5 cm³/mol. The molecule has 4 nitrogen and oxygen atoms in total. The first-order valence-electron chi connectivity index (χ1n) is 7.15. The molecule has 0 unspecified atom stereocenters. The van der Waals surface area contributed by atoms with E-state index in [1.165, 1.54) is 5.56 Å². The van der Waals surface area contributed by atoms with Crippen molar-refractivity contribution in [1.82, 2.24) is 9.88 Å². The molecule has 0 aliphatic rings. The molecule has 2 rings (SSSR count). The Bertz CT molecular complexity index is 585. The monoisotopic (exact) mass is 273 g/mol. The lowest BCUT2D eigenvalue weighted by Crippen LogP contribution is -2.25. The van der Waals surface area contributed by atoms with Crippen molar-refractivity contribution in [3.05, 3.63) is 35.5 Å². The van der Waals surface area contributed by atoms with Crippen LogP contribution in [-0.4, -0.2) is 35.5 Å². The first-order valence-corrected chi connectivity index (χ1v) is 7.15. The number of aliphatic carboxylic acids is 1. The number of H-pyrrole nitrogens is 1. The van der Waals surface area contributed by atoms with Crippen LogP contribution >= 0.6 is 0 Å². The second-order valence-corrected chi connectivity index (χ2v) is 4.98. The quantitative estimate of drug-likeness (QED) is 0.828. The predicted octanol–water partition coefficient (Wildman–Crippen LogP) is 1.34. The molecule has 0 saturated heterocycles. The van der Waals surface area contributed by atoms with Crippen molar-refractivity contribution < 1.29 is 9.90 Å². The molecular weight excluding hydrogens is 252 g/mol. The Morgan fingerprint density at radius 3 is 2.65 bits per heavy atom. The molecule has 1 N–H and O–H groups in total. The van der Waals surface area contributed by atoms with E-state index in [1.807, 2.05) is 24.4 Å². The number of nitrogens with zero attached hydrogens (tertiary/aromatic N) is 1. The summed E-state index contributed by atoms with van der Waals surface area (Å²) in [5.74, 6) is -1.03. The van der Waals surface area contributed by atoms with Crippen molar-refractivity contribution >= 4 is 16.9 Å². The van der Waals surface area contributed by atoms with Gasteiger partial charge in [0.05, 0.1) is 0 Å². The molecule has 4 heteroatoms. The molecule has 1 heterocycles. The number of hydrogen-bond acceptors (Lipinski definition) is 3. The number of carbonyl (C=O) groups excluding carboxylic acids is 1. The van der Waals surface area contributed by atoms with Gasteiger partial charge in [-0.15, -0.1) is 0 Å². The van der Waals surface area contributed by atoms with Gasteiger partial charge < -0.3 is 19.8 Å². The van der Waals surface area contributed by atoms with Crippen molar-refractivity contribution in [3.8, 4) is 0 Å². The number of aromatic amines is 1. The minimum absolute atomic E-state index is 0.0343. The maximum Gasteiger partial charge on any atom is 0.0459 e. The van der Waals surface area contributed by atoms with Gasteiger partial charge in [-0.2, -0.15) is 0 Å². The van der Waals surface area contributed by atoms with Crippen LogP contribution in [0.25, 0.3) is 10.9 Å². The standard InChI is InChI=1S/C16H22N2O2/c1-3-18(4-2)9-8-13-11-17-14-7-5-6-12(16(13)14)10-15(19)20/h5-7,11,17H,3-4,8-10H2,1-2H3,(H,19,20)/p-1. The number of benzene rings is 1. The van der Waals surface area contributed by atoms with E-state index < -0.39 is 5.97 Å². The number of likely N-dealkylation sites (N-methyl/N-ethyl adjacent to an activating group) is 1. The van der Waals surface area contributed by atoms with Gasteiger partial charge in [-0.1, -0.05) is 26.0 Å². The van der Waals surface area contributed by atoms with E-state index in [4.69, 9.17) is 0 Å². The molecule has 0 radical (unpaired) electrons. The lowest BCUT2D eigenvalue weighted by molar-refractivity contribution is -0.304. The van der Waals surface area contributed by atoms with E-state index in [9.17, 15) is 9.90 Å². The number of carboxylic acid groups (broad SMARTS) is 1. The number of carbonyl (C=O) groups is 1. The normalized spacial score (nSPS) is 11.3. The van der Waals surface area contributed by atoms with Crippen LogP contribution in [0.1, 0.15) is 25.0 Å². The van der Waals surface area contributed by atoms with Gasteiger partial charge in [0.2, 0.25) is 0 Å². The van der Waals surface area contributed by atoms with Crippen molar-refractivity contribution in [2.75, 3.05) is 19.6 Å². The number of nitrogens with one attached hydrogen (secondary N) is 1. The Morgan fingerprint density at radius 1 is 1.25 bits per heavy atom. The van der Waals surface area contributed by atoms with Crippen LogP contribution in [0.4, 0.5) is 0 Å². The molecule has 2 aromatic rings. The third-order valence-corrected chi connectivity index (χ3v) is 3.80. The number of rotatable bonds is 7. The number of carboxylic acids is 1. The zero-order chi connectivity index (χ0) is 14.5. The van der Waals surface area contributed by atoms with Gasteiger partial charge in [0.15, 0.2) is 0 Å².